The third-order valence-electron chi connectivity index (χ3n) is 3.64. The highest BCUT2D eigenvalue weighted by Gasteiger charge is 2.23. The van der Waals surface area contributed by atoms with E-state index in [1.807, 2.05) is 13.8 Å². The van der Waals surface area contributed by atoms with Crippen molar-refractivity contribution < 1.29 is 28.5 Å². The van der Waals surface area contributed by atoms with E-state index in [4.69, 9.17) is 18.9 Å². The van der Waals surface area contributed by atoms with Crippen LogP contribution in [0.3, 0.4) is 0 Å². The van der Waals surface area contributed by atoms with Crippen LogP contribution < -0.4 is 0 Å². The fraction of sp³-hybridized carbons (Fsp3) is 0.579. The Balaban J connectivity index is 2.99. The molecule has 1 aromatic carbocycles. The van der Waals surface area contributed by atoms with Crippen molar-refractivity contribution in [3.05, 3.63) is 34.9 Å². The highest BCUT2D eigenvalue weighted by atomic mass is 16.6. The van der Waals surface area contributed by atoms with Crippen molar-refractivity contribution in [2.75, 3.05) is 34.0 Å². The summed E-state index contributed by atoms with van der Waals surface area (Å²) in [7, 11) is 3.03. The first kappa shape index (κ1) is 21.1. The Labute approximate surface area is 149 Å². The second-order valence-electron chi connectivity index (χ2n) is 5.66. The molecule has 0 amide bonds. The van der Waals surface area contributed by atoms with E-state index in [1.165, 1.54) is 14.2 Å². The van der Waals surface area contributed by atoms with Crippen LogP contribution in [0.5, 0.6) is 0 Å². The smallest absolute Gasteiger partial charge is 0.339 e. The van der Waals surface area contributed by atoms with E-state index in [-0.39, 0.29) is 24.3 Å². The number of carbonyl (C=O) groups is 2. The molecule has 0 spiro atoms. The van der Waals surface area contributed by atoms with Gasteiger partial charge in [-0.05, 0) is 30.5 Å². The standard InChI is InChI=1S/C19H28O6/c1-5-7-10-24-18(20)17-11-14(6-2)8-9-16(17)19(21)25-15(12-22-3)13-23-4/h8-9,11,15H,5-7,10,12-13H2,1-4H3. The number of hydrogen-bond acceptors (Lipinski definition) is 6. The van der Waals surface area contributed by atoms with Crippen molar-refractivity contribution in [3.8, 4) is 0 Å². The molecule has 0 aromatic heterocycles. The number of carbonyl (C=O) groups excluding carboxylic acids is 2. The number of methoxy groups -OCH3 is 2. The van der Waals surface area contributed by atoms with Crippen LogP contribution in [-0.2, 0) is 25.4 Å². The lowest BCUT2D eigenvalue weighted by Crippen LogP contribution is -2.28. The van der Waals surface area contributed by atoms with Gasteiger partial charge in [-0.3, -0.25) is 0 Å². The van der Waals surface area contributed by atoms with E-state index in [0.29, 0.717) is 6.61 Å². The minimum atomic E-state index is -0.593. The number of benzene rings is 1. The van der Waals surface area contributed by atoms with Crippen molar-refractivity contribution in [2.45, 2.75) is 39.2 Å². The van der Waals surface area contributed by atoms with E-state index in [1.54, 1.807) is 18.2 Å². The van der Waals surface area contributed by atoms with Crippen molar-refractivity contribution in [1.82, 2.24) is 0 Å². The molecular formula is C19H28O6. The van der Waals surface area contributed by atoms with Crippen LogP contribution in [0.1, 0.15) is 53.0 Å². The quantitative estimate of drug-likeness (QED) is 0.450. The number of rotatable bonds is 11. The average Bonchev–Trinajstić information content (AvgIpc) is 2.61. The molecule has 6 nitrogen and oxygen atoms in total. The van der Waals surface area contributed by atoms with Crippen LogP contribution in [-0.4, -0.2) is 52.1 Å². The van der Waals surface area contributed by atoms with Gasteiger partial charge in [-0.2, -0.15) is 0 Å². The van der Waals surface area contributed by atoms with Crippen LogP contribution in [0.15, 0.2) is 18.2 Å². The lowest BCUT2D eigenvalue weighted by Gasteiger charge is -2.17. The van der Waals surface area contributed by atoms with Crippen LogP contribution in [0, 0.1) is 0 Å². The van der Waals surface area contributed by atoms with Gasteiger partial charge in [0.1, 0.15) is 6.10 Å². The summed E-state index contributed by atoms with van der Waals surface area (Å²) in [5.74, 6) is -1.10. The zero-order valence-corrected chi connectivity index (χ0v) is 15.5. The molecule has 0 atom stereocenters. The minimum Gasteiger partial charge on any atom is -0.462 e. The highest BCUT2D eigenvalue weighted by molar-refractivity contribution is 6.03. The lowest BCUT2D eigenvalue weighted by atomic mass is 10.0. The monoisotopic (exact) mass is 352 g/mol. The molecule has 1 rings (SSSR count). The normalized spacial score (nSPS) is 10.8. The molecule has 0 aliphatic heterocycles. The van der Waals surface area contributed by atoms with E-state index >= 15 is 0 Å². The largest absolute Gasteiger partial charge is 0.462 e. The topological polar surface area (TPSA) is 71.1 Å². The molecular weight excluding hydrogens is 324 g/mol. The summed E-state index contributed by atoms with van der Waals surface area (Å²) in [6, 6.07) is 5.10. The SMILES string of the molecule is CCCCOC(=O)c1cc(CC)ccc1C(=O)OC(COC)COC. The first-order valence-electron chi connectivity index (χ1n) is 8.56. The van der Waals surface area contributed by atoms with E-state index < -0.39 is 18.0 Å². The van der Waals surface area contributed by atoms with Gasteiger partial charge in [-0.1, -0.05) is 26.3 Å². The number of hydrogen-bond donors (Lipinski definition) is 0. The zero-order chi connectivity index (χ0) is 18.7. The van der Waals surface area contributed by atoms with Gasteiger partial charge in [0.25, 0.3) is 0 Å². The summed E-state index contributed by atoms with van der Waals surface area (Å²) in [6.07, 6.45) is 1.91. The molecule has 0 aliphatic rings. The second-order valence-corrected chi connectivity index (χ2v) is 5.66. The molecule has 0 fully saturated rings. The molecule has 0 saturated carbocycles. The molecule has 0 saturated heterocycles. The Hall–Kier alpha value is -1.92. The molecule has 25 heavy (non-hydrogen) atoms. The Morgan fingerprint density at radius 2 is 1.68 bits per heavy atom. The van der Waals surface area contributed by atoms with Crippen molar-refractivity contribution >= 4 is 11.9 Å². The Morgan fingerprint density at radius 1 is 1.00 bits per heavy atom. The summed E-state index contributed by atoms with van der Waals surface area (Å²) in [4.78, 5) is 24.9. The van der Waals surface area contributed by atoms with Crippen molar-refractivity contribution in [3.63, 3.8) is 0 Å². The van der Waals surface area contributed by atoms with Gasteiger partial charge < -0.3 is 18.9 Å². The molecule has 0 heterocycles. The molecule has 0 aliphatic carbocycles. The maximum absolute atomic E-state index is 12.5. The second kappa shape index (κ2) is 11.6. The number of esters is 2. The van der Waals surface area contributed by atoms with Crippen LogP contribution in [0.4, 0.5) is 0 Å². The van der Waals surface area contributed by atoms with Gasteiger partial charge in [0.15, 0.2) is 0 Å². The maximum atomic E-state index is 12.5. The summed E-state index contributed by atoms with van der Waals surface area (Å²) in [5.41, 5.74) is 1.37. The third-order valence-corrected chi connectivity index (χ3v) is 3.64. The van der Waals surface area contributed by atoms with Crippen LogP contribution in [0.2, 0.25) is 0 Å². The summed E-state index contributed by atoms with van der Waals surface area (Å²) < 4.78 is 20.7. The summed E-state index contributed by atoms with van der Waals surface area (Å²) in [5, 5.41) is 0. The molecule has 6 heteroatoms. The van der Waals surface area contributed by atoms with Gasteiger partial charge in [-0.15, -0.1) is 0 Å². The Bertz CT molecular complexity index is 549. The number of unbranched alkanes of at least 4 members (excludes halogenated alkanes) is 1. The molecule has 1 aromatic rings. The van der Waals surface area contributed by atoms with Gasteiger partial charge in [0.05, 0.1) is 30.9 Å². The maximum Gasteiger partial charge on any atom is 0.339 e. The Kier molecular flexibility index (Phi) is 9.80. The van der Waals surface area contributed by atoms with Crippen molar-refractivity contribution in [2.24, 2.45) is 0 Å². The van der Waals surface area contributed by atoms with Crippen LogP contribution in [0.25, 0.3) is 0 Å². The third kappa shape index (κ3) is 6.84. The molecule has 0 radical (unpaired) electrons. The van der Waals surface area contributed by atoms with Gasteiger partial charge >= 0.3 is 11.9 Å². The van der Waals surface area contributed by atoms with Gasteiger partial charge in [-0.25, -0.2) is 9.59 Å². The molecule has 140 valence electrons. The average molecular weight is 352 g/mol. The minimum absolute atomic E-state index is 0.191. The van der Waals surface area contributed by atoms with Gasteiger partial charge in [0.2, 0.25) is 0 Å². The molecule has 0 unspecified atom stereocenters. The predicted octanol–water partition coefficient (Wildman–Crippen LogP) is 3.02. The summed E-state index contributed by atoms with van der Waals surface area (Å²) in [6.45, 7) is 4.74. The first-order valence-corrected chi connectivity index (χ1v) is 8.56. The number of aryl methyl sites for hydroxylation is 1. The lowest BCUT2D eigenvalue weighted by molar-refractivity contribution is -0.0225. The fourth-order valence-corrected chi connectivity index (χ4v) is 2.25. The predicted molar refractivity (Wildman–Crippen MR) is 94.0 cm³/mol. The highest BCUT2D eigenvalue weighted by Crippen LogP contribution is 2.17. The molecule has 0 N–H and O–H groups in total. The van der Waals surface area contributed by atoms with E-state index in [0.717, 1.165) is 24.8 Å². The summed E-state index contributed by atoms with van der Waals surface area (Å²) >= 11 is 0. The number of ether oxygens (including phenoxy) is 4. The first-order chi connectivity index (χ1) is 12.1. The van der Waals surface area contributed by atoms with E-state index in [2.05, 4.69) is 0 Å². The van der Waals surface area contributed by atoms with Gasteiger partial charge in [0, 0.05) is 14.2 Å². The van der Waals surface area contributed by atoms with Crippen LogP contribution >= 0.6 is 0 Å². The zero-order valence-electron chi connectivity index (χ0n) is 15.5. The molecule has 0 bridgehead atoms. The Morgan fingerprint density at radius 3 is 2.24 bits per heavy atom. The fourth-order valence-electron chi connectivity index (χ4n) is 2.25. The van der Waals surface area contributed by atoms with Crippen molar-refractivity contribution in [1.29, 1.82) is 0 Å². The van der Waals surface area contributed by atoms with E-state index in [9.17, 15) is 9.59 Å².